The minimum atomic E-state index is 0.637. The summed E-state index contributed by atoms with van der Waals surface area (Å²) in [5, 5.41) is 6.48. The molecule has 0 radical (unpaired) electrons. The van der Waals surface area contributed by atoms with Gasteiger partial charge in [0.2, 0.25) is 0 Å². The highest BCUT2D eigenvalue weighted by molar-refractivity contribution is 8.68. The third kappa shape index (κ3) is 1.85. The molecule has 2 N–H and O–H groups in total. The van der Waals surface area contributed by atoms with E-state index >= 15 is 0 Å². The van der Waals surface area contributed by atoms with Gasteiger partial charge in [-0.15, -0.1) is 11.7 Å². The van der Waals surface area contributed by atoms with Crippen molar-refractivity contribution in [2.24, 2.45) is 0 Å². The van der Waals surface area contributed by atoms with Crippen molar-refractivity contribution < 1.29 is 0 Å². The number of hydrogen-bond acceptors (Lipinski definition) is 4. The Labute approximate surface area is 58.6 Å². The molecule has 0 aromatic heterocycles. The molecule has 0 amide bonds. The Balaban J connectivity index is 2.06. The van der Waals surface area contributed by atoms with Gasteiger partial charge >= 0.3 is 0 Å². The van der Waals surface area contributed by atoms with Gasteiger partial charge in [0, 0.05) is 25.0 Å². The summed E-state index contributed by atoms with van der Waals surface area (Å²) < 4.78 is 0. The van der Waals surface area contributed by atoms with E-state index in [9.17, 15) is 0 Å². The second-order valence-corrected chi connectivity index (χ2v) is 3.19. The first-order valence-electron chi connectivity index (χ1n) is 2.64. The van der Waals surface area contributed by atoms with Gasteiger partial charge < -0.3 is 5.32 Å². The molecule has 0 bridgehead atoms. The van der Waals surface area contributed by atoms with Gasteiger partial charge in [-0.1, -0.05) is 10.8 Å². The summed E-state index contributed by atoms with van der Waals surface area (Å²) >= 11 is 4.04. The van der Waals surface area contributed by atoms with Gasteiger partial charge in [0.1, 0.15) is 0 Å². The predicted octanol–water partition coefficient (Wildman–Crippen LogP) is 0.0833. The fourth-order valence-corrected chi connectivity index (χ4v) is 1.70. The molecule has 1 atom stereocenters. The van der Waals surface area contributed by atoms with Crippen LogP contribution in [0.15, 0.2) is 0 Å². The SMILES string of the molecule is SSCC1CNCN1. The number of thiol groups is 1. The minimum Gasteiger partial charge on any atom is -0.303 e. The molecule has 1 aliphatic rings. The van der Waals surface area contributed by atoms with Crippen LogP contribution in [0, 0.1) is 0 Å². The molecule has 0 aromatic carbocycles. The van der Waals surface area contributed by atoms with Crippen LogP contribution < -0.4 is 10.6 Å². The second-order valence-electron chi connectivity index (χ2n) is 1.83. The summed E-state index contributed by atoms with van der Waals surface area (Å²) in [6.07, 6.45) is 0. The first-order valence-corrected chi connectivity index (χ1v) is 4.68. The van der Waals surface area contributed by atoms with Gasteiger partial charge in [0.05, 0.1) is 0 Å². The number of hydrogen-bond donors (Lipinski definition) is 3. The first-order chi connectivity index (χ1) is 3.93. The molecule has 0 aromatic rings. The molecule has 1 rings (SSSR count). The summed E-state index contributed by atoms with van der Waals surface area (Å²) in [7, 11) is 1.59. The summed E-state index contributed by atoms with van der Waals surface area (Å²) in [4.78, 5) is 0. The fraction of sp³-hybridized carbons (Fsp3) is 1.00. The molecule has 1 unspecified atom stereocenters. The van der Waals surface area contributed by atoms with E-state index in [1.165, 1.54) is 0 Å². The fourth-order valence-electron chi connectivity index (χ4n) is 0.743. The molecule has 4 heteroatoms. The van der Waals surface area contributed by atoms with Crippen LogP contribution in [0.3, 0.4) is 0 Å². The van der Waals surface area contributed by atoms with Gasteiger partial charge in [-0.2, -0.15) is 0 Å². The standard InChI is InChI=1S/C4H10N2S2/c7-8-2-4-1-5-3-6-4/h4-7H,1-3H2. The van der Waals surface area contributed by atoms with Crippen LogP contribution in [0.2, 0.25) is 0 Å². The molecule has 1 fully saturated rings. The van der Waals surface area contributed by atoms with E-state index in [0.29, 0.717) is 6.04 Å². The third-order valence-electron chi connectivity index (χ3n) is 1.18. The number of nitrogens with one attached hydrogen (secondary N) is 2. The van der Waals surface area contributed by atoms with Gasteiger partial charge in [-0.3, -0.25) is 5.32 Å². The minimum absolute atomic E-state index is 0.637. The van der Waals surface area contributed by atoms with E-state index in [-0.39, 0.29) is 0 Å². The lowest BCUT2D eigenvalue weighted by molar-refractivity contribution is 0.702. The molecule has 1 aliphatic heterocycles. The Kier molecular flexibility index (Phi) is 3.04. The quantitative estimate of drug-likeness (QED) is 0.384. The lowest BCUT2D eigenvalue weighted by Crippen LogP contribution is -2.25. The zero-order valence-corrected chi connectivity index (χ0v) is 6.27. The zero-order chi connectivity index (χ0) is 5.82. The second kappa shape index (κ2) is 3.61. The van der Waals surface area contributed by atoms with E-state index < -0.39 is 0 Å². The van der Waals surface area contributed by atoms with Crippen LogP contribution in [0.25, 0.3) is 0 Å². The molecule has 0 aliphatic carbocycles. The van der Waals surface area contributed by atoms with Gasteiger partial charge in [0.25, 0.3) is 0 Å². The summed E-state index contributed by atoms with van der Waals surface area (Å²) in [5.74, 6) is 1.09. The molecule has 1 heterocycles. The molecular formula is C4H10N2S2. The lowest BCUT2D eigenvalue weighted by Gasteiger charge is -2.03. The van der Waals surface area contributed by atoms with Gasteiger partial charge in [-0.25, -0.2) is 0 Å². The molecule has 8 heavy (non-hydrogen) atoms. The predicted molar refractivity (Wildman–Crippen MR) is 41.2 cm³/mol. The van der Waals surface area contributed by atoms with Crippen LogP contribution in [0.1, 0.15) is 0 Å². The van der Waals surface area contributed by atoms with Crippen molar-refractivity contribution in [2.45, 2.75) is 6.04 Å². The van der Waals surface area contributed by atoms with E-state index in [0.717, 1.165) is 19.0 Å². The van der Waals surface area contributed by atoms with Crippen molar-refractivity contribution in [1.29, 1.82) is 0 Å². The van der Waals surface area contributed by atoms with Crippen LogP contribution in [0.4, 0.5) is 0 Å². The molecule has 48 valence electrons. The maximum Gasteiger partial charge on any atom is 0.0457 e. The van der Waals surface area contributed by atoms with E-state index in [1.54, 1.807) is 10.8 Å². The summed E-state index contributed by atoms with van der Waals surface area (Å²) in [5.41, 5.74) is 0. The molecule has 0 spiro atoms. The van der Waals surface area contributed by atoms with Crippen LogP contribution in [-0.2, 0) is 0 Å². The molecule has 0 saturated carbocycles. The topological polar surface area (TPSA) is 24.1 Å². The Morgan fingerprint density at radius 2 is 2.62 bits per heavy atom. The Hall–Kier alpha value is 0.620. The highest BCUT2D eigenvalue weighted by Gasteiger charge is 2.11. The maximum atomic E-state index is 4.04. The first kappa shape index (κ1) is 6.74. The van der Waals surface area contributed by atoms with E-state index in [1.807, 2.05) is 0 Å². The summed E-state index contributed by atoms with van der Waals surface area (Å²) in [6, 6.07) is 0.637. The Morgan fingerprint density at radius 3 is 3.12 bits per heavy atom. The average Bonchev–Trinajstić information content (AvgIpc) is 2.19. The average molecular weight is 150 g/mol. The van der Waals surface area contributed by atoms with Crippen molar-refractivity contribution in [3.63, 3.8) is 0 Å². The Morgan fingerprint density at radius 1 is 1.75 bits per heavy atom. The highest BCUT2D eigenvalue weighted by Crippen LogP contribution is 2.07. The van der Waals surface area contributed by atoms with E-state index in [4.69, 9.17) is 0 Å². The summed E-state index contributed by atoms with van der Waals surface area (Å²) in [6.45, 7) is 2.05. The normalized spacial score (nSPS) is 28.9. The van der Waals surface area contributed by atoms with Crippen molar-refractivity contribution in [2.75, 3.05) is 19.0 Å². The molecule has 1 saturated heterocycles. The smallest absolute Gasteiger partial charge is 0.0457 e. The van der Waals surface area contributed by atoms with Crippen molar-refractivity contribution in [3.05, 3.63) is 0 Å². The van der Waals surface area contributed by atoms with Crippen molar-refractivity contribution in [3.8, 4) is 0 Å². The largest absolute Gasteiger partial charge is 0.303 e. The van der Waals surface area contributed by atoms with E-state index in [2.05, 4.69) is 22.3 Å². The highest BCUT2D eigenvalue weighted by atomic mass is 33.1. The Bertz CT molecular complexity index is 63.1. The van der Waals surface area contributed by atoms with Crippen molar-refractivity contribution >= 4 is 22.5 Å². The van der Waals surface area contributed by atoms with Crippen molar-refractivity contribution in [1.82, 2.24) is 10.6 Å². The lowest BCUT2D eigenvalue weighted by atomic mass is 10.4. The third-order valence-corrected chi connectivity index (χ3v) is 2.18. The van der Waals surface area contributed by atoms with Crippen LogP contribution in [0.5, 0.6) is 0 Å². The van der Waals surface area contributed by atoms with Crippen LogP contribution >= 0.6 is 22.5 Å². The number of rotatable bonds is 2. The maximum absolute atomic E-state index is 4.04. The monoisotopic (exact) mass is 150 g/mol. The zero-order valence-electron chi connectivity index (χ0n) is 4.55. The van der Waals surface area contributed by atoms with Gasteiger partial charge in [0.15, 0.2) is 0 Å². The van der Waals surface area contributed by atoms with Crippen LogP contribution in [-0.4, -0.2) is 25.0 Å². The molecular weight excluding hydrogens is 140 g/mol. The van der Waals surface area contributed by atoms with Gasteiger partial charge in [-0.05, 0) is 0 Å². The molecule has 2 nitrogen and oxygen atoms in total.